The third kappa shape index (κ3) is 3.50. The molecule has 1 aliphatic carbocycles. The molecule has 21 heavy (non-hydrogen) atoms. The lowest BCUT2D eigenvalue weighted by Crippen LogP contribution is -2.37. The summed E-state index contributed by atoms with van der Waals surface area (Å²) in [6.45, 7) is 0.600. The zero-order valence-electron chi connectivity index (χ0n) is 11.8. The van der Waals surface area contributed by atoms with E-state index >= 15 is 0 Å². The summed E-state index contributed by atoms with van der Waals surface area (Å²) in [6, 6.07) is 18.1. The first-order valence-corrected chi connectivity index (χ1v) is 7.34. The number of carboxylic acids is 1. The fraction of sp³-hybridized carbons (Fsp3) is 0.278. The van der Waals surface area contributed by atoms with E-state index in [1.54, 1.807) is 0 Å². The highest BCUT2D eigenvalue weighted by Crippen LogP contribution is 2.32. The Kier molecular flexibility index (Phi) is 4.02. The van der Waals surface area contributed by atoms with E-state index in [0.29, 0.717) is 12.5 Å². The summed E-state index contributed by atoms with van der Waals surface area (Å²) >= 11 is 0. The summed E-state index contributed by atoms with van der Waals surface area (Å²) in [7, 11) is 0. The second-order valence-corrected chi connectivity index (χ2v) is 5.60. The van der Waals surface area contributed by atoms with E-state index in [2.05, 4.69) is 41.7 Å². The molecule has 1 fully saturated rings. The van der Waals surface area contributed by atoms with Gasteiger partial charge in [-0.1, -0.05) is 54.6 Å². The van der Waals surface area contributed by atoms with Gasteiger partial charge in [-0.25, -0.2) is 0 Å². The van der Waals surface area contributed by atoms with Gasteiger partial charge in [-0.15, -0.1) is 0 Å². The number of rotatable bonds is 6. The fourth-order valence-electron chi connectivity index (χ4n) is 2.56. The third-order valence-electron chi connectivity index (χ3n) is 3.95. The van der Waals surface area contributed by atoms with Crippen LogP contribution in [-0.4, -0.2) is 17.1 Å². The molecule has 0 spiro atoms. The SMILES string of the molecule is O=C(O)C(NCc1ccc(-c2ccccc2)cc1)C1CC1. The Morgan fingerprint density at radius 2 is 1.67 bits per heavy atom. The normalized spacial score (nSPS) is 15.6. The van der Waals surface area contributed by atoms with Crippen molar-refractivity contribution in [3.05, 3.63) is 60.2 Å². The fourth-order valence-corrected chi connectivity index (χ4v) is 2.56. The molecule has 0 saturated heterocycles. The van der Waals surface area contributed by atoms with E-state index in [4.69, 9.17) is 0 Å². The highest BCUT2D eigenvalue weighted by Gasteiger charge is 2.35. The van der Waals surface area contributed by atoms with Crippen LogP contribution < -0.4 is 5.32 Å². The molecule has 1 aliphatic rings. The molecule has 2 N–H and O–H groups in total. The Labute approximate surface area is 124 Å². The summed E-state index contributed by atoms with van der Waals surface area (Å²) in [5.41, 5.74) is 3.48. The lowest BCUT2D eigenvalue weighted by Gasteiger charge is -2.13. The van der Waals surface area contributed by atoms with E-state index in [9.17, 15) is 9.90 Å². The van der Waals surface area contributed by atoms with Gasteiger partial charge in [-0.2, -0.15) is 0 Å². The van der Waals surface area contributed by atoms with Crippen LogP contribution in [0.5, 0.6) is 0 Å². The number of aliphatic carboxylic acids is 1. The Balaban J connectivity index is 1.63. The van der Waals surface area contributed by atoms with Gasteiger partial charge in [-0.3, -0.25) is 4.79 Å². The van der Waals surface area contributed by atoms with E-state index in [-0.39, 0.29) is 0 Å². The highest BCUT2D eigenvalue weighted by molar-refractivity contribution is 5.74. The van der Waals surface area contributed by atoms with Crippen LogP contribution in [0, 0.1) is 5.92 Å². The third-order valence-corrected chi connectivity index (χ3v) is 3.95. The number of hydrogen-bond acceptors (Lipinski definition) is 2. The Morgan fingerprint density at radius 1 is 1.05 bits per heavy atom. The quantitative estimate of drug-likeness (QED) is 0.854. The van der Waals surface area contributed by atoms with E-state index in [1.807, 2.05) is 18.2 Å². The molecule has 1 unspecified atom stereocenters. The molecular weight excluding hydrogens is 262 g/mol. The molecule has 1 atom stereocenters. The topological polar surface area (TPSA) is 49.3 Å². The summed E-state index contributed by atoms with van der Waals surface area (Å²) in [5.74, 6) is -0.426. The predicted octanol–water partition coefficient (Wildman–Crippen LogP) is 3.31. The molecule has 0 bridgehead atoms. The van der Waals surface area contributed by atoms with Crippen molar-refractivity contribution in [3.8, 4) is 11.1 Å². The van der Waals surface area contributed by atoms with Crippen molar-refractivity contribution in [2.75, 3.05) is 0 Å². The lowest BCUT2D eigenvalue weighted by atomic mass is 10.0. The van der Waals surface area contributed by atoms with Gasteiger partial charge in [-0.05, 0) is 35.4 Å². The summed E-state index contributed by atoms with van der Waals surface area (Å²) < 4.78 is 0. The Bertz CT molecular complexity index is 603. The van der Waals surface area contributed by atoms with Gasteiger partial charge >= 0.3 is 5.97 Å². The molecule has 0 aliphatic heterocycles. The highest BCUT2D eigenvalue weighted by atomic mass is 16.4. The largest absolute Gasteiger partial charge is 0.480 e. The number of carbonyl (C=O) groups is 1. The van der Waals surface area contributed by atoms with Crippen LogP contribution in [0.3, 0.4) is 0 Å². The standard InChI is InChI=1S/C18H19NO2/c20-18(21)17(16-10-11-16)19-12-13-6-8-15(9-7-13)14-4-2-1-3-5-14/h1-9,16-17,19H,10-12H2,(H,20,21). The van der Waals surface area contributed by atoms with Crippen molar-refractivity contribution >= 4 is 5.97 Å². The monoisotopic (exact) mass is 281 g/mol. The summed E-state index contributed by atoms with van der Waals surface area (Å²) in [6.07, 6.45) is 2.05. The molecule has 0 amide bonds. The summed E-state index contributed by atoms with van der Waals surface area (Å²) in [5, 5.41) is 12.3. The first-order chi connectivity index (χ1) is 10.2. The van der Waals surface area contributed by atoms with Crippen molar-refractivity contribution < 1.29 is 9.90 Å². The van der Waals surface area contributed by atoms with Gasteiger partial charge in [0, 0.05) is 6.54 Å². The van der Waals surface area contributed by atoms with Crippen molar-refractivity contribution in [2.45, 2.75) is 25.4 Å². The molecular formula is C18H19NO2. The molecule has 2 aromatic carbocycles. The number of hydrogen-bond donors (Lipinski definition) is 2. The van der Waals surface area contributed by atoms with E-state index in [1.165, 1.54) is 11.1 Å². The Hall–Kier alpha value is -2.13. The smallest absolute Gasteiger partial charge is 0.320 e. The molecule has 0 radical (unpaired) electrons. The molecule has 0 aromatic heterocycles. The molecule has 0 heterocycles. The van der Waals surface area contributed by atoms with E-state index < -0.39 is 12.0 Å². The van der Waals surface area contributed by atoms with Crippen LogP contribution in [0.1, 0.15) is 18.4 Å². The minimum Gasteiger partial charge on any atom is -0.480 e. The first kappa shape index (κ1) is 13.8. The first-order valence-electron chi connectivity index (χ1n) is 7.34. The Morgan fingerprint density at radius 3 is 2.24 bits per heavy atom. The van der Waals surface area contributed by atoms with Crippen molar-refractivity contribution in [1.82, 2.24) is 5.32 Å². The van der Waals surface area contributed by atoms with Gasteiger partial charge in [0.05, 0.1) is 0 Å². The number of nitrogens with one attached hydrogen (secondary N) is 1. The van der Waals surface area contributed by atoms with Crippen LogP contribution >= 0.6 is 0 Å². The lowest BCUT2D eigenvalue weighted by molar-refractivity contribution is -0.140. The minimum absolute atomic E-state index is 0.311. The number of benzene rings is 2. The zero-order valence-corrected chi connectivity index (χ0v) is 11.8. The maximum Gasteiger partial charge on any atom is 0.320 e. The second kappa shape index (κ2) is 6.10. The molecule has 3 rings (SSSR count). The average Bonchev–Trinajstić information content (AvgIpc) is 3.33. The molecule has 3 heteroatoms. The molecule has 1 saturated carbocycles. The van der Waals surface area contributed by atoms with Crippen LogP contribution in [0.4, 0.5) is 0 Å². The van der Waals surface area contributed by atoms with Gasteiger partial charge < -0.3 is 10.4 Å². The molecule has 2 aromatic rings. The average molecular weight is 281 g/mol. The van der Waals surface area contributed by atoms with Crippen molar-refractivity contribution in [1.29, 1.82) is 0 Å². The van der Waals surface area contributed by atoms with Gasteiger partial charge in [0.2, 0.25) is 0 Å². The molecule has 108 valence electrons. The molecule has 3 nitrogen and oxygen atoms in total. The minimum atomic E-state index is -0.738. The summed E-state index contributed by atoms with van der Waals surface area (Å²) in [4.78, 5) is 11.2. The van der Waals surface area contributed by atoms with Crippen LogP contribution in [0.2, 0.25) is 0 Å². The van der Waals surface area contributed by atoms with Gasteiger partial charge in [0.1, 0.15) is 6.04 Å². The van der Waals surface area contributed by atoms with Crippen molar-refractivity contribution in [2.24, 2.45) is 5.92 Å². The van der Waals surface area contributed by atoms with Gasteiger partial charge in [0.15, 0.2) is 0 Å². The maximum absolute atomic E-state index is 11.2. The predicted molar refractivity (Wildman–Crippen MR) is 82.9 cm³/mol. The van der Waals surface area contributed by atoms with Crippen molar-refractivity contribution in [3.63, 3.8) is 0 Å². The van der Waals surface area contributed by atoms with Crippen LogP contribution in [0.25, 0.3) is 11.1 Å². The maximum atomic E-state index is 11.2. The second-order valence-electron chi connectivity index (χ2n) is 5.60. The van der Waals surface area contributed by atoms with Crippen LogP contribution in [-0.2, 0) is 11.3 Å². The van der Waals surface area contributed by atoms with E-state index in [0.717, 1.165) is 18.4 Å². The number of carboxylic acid groups (broad SMARTS) is 1. The zero-order chi connectivity index (χ0) is 14.7. The van der Waals surface area contributed by atoms with Crippen LogP contribution in [0.15, 0.2) is 54.6 Å². The van der Waals surface area contributed by atoms with Gasteiger partial charge in [0.25, 0.3) is 0 Å².